The van der Waals surface area contributed by atoms with Crippen LogP contribution < -0.4 is 46.0 Å². The van der Waals surface area contributed by atoms with Crippen molar-refractivity contribution in [2.24, 2.45) is 0 Å². The Morgan fingerprint density at radius 1 is 0.250 bits per heavy atom. The van der Waals surface area contributed by atoms with Crippen LogP contribution in [0.5, 0.6) is 0 Å². The molecule has 0 heterocycles. The van der Waals surface area contributed by atoms with Gasteiger partial charge in [0.1, 0.15) is 0 Å². The molecule has 8 aromatic carbocycles. The summed E-state index contributed by atoms with van der Waals surface area (Å²) in [5.41, 5.74) is 0. The predicted molar refractivity (Wildman–Crippen MR) is 361 cm³/mol. The second-order valence-electron chi connectivity index (χ2n) is 21.6. The van der Waals surface area contributed by atoms with Gasteiger partial charge >= 0.3 is 43.4 Å². The summed E-state index contributed by atoms with van der Waals surface area (Å²) in [6.45, 7) is 18.4. The van der Waals surface area contributed by atoms with E-state index in [0.29, 0.717) is 0 Å². The number of hydrogen-bond acceptors (Lipinski definition) is 0. The van der Waals surface area contributed by atoms with E-state index < -0.39 is 0 Å². The molecule has 0 N–H and O–H groups in total. The first kappa shape index (κ1) is 77.1. The fourth-order valence-corrected chi connectivity index (χ4v) is 20.9. The number of halogens is 2. The van der Waals surface area contributed by atoms with Gasteiger partial charge in [-0.3, -0.25) is 0 Å². The molecule has 0 nitrogen and oxygen atoms in total. The van der Waals surface area contributed by atoms with Crippen LogP contribution in [0, 0.1) is 0 Å². The SMILES string of the molecule is CCCCCCP(CCCCCC)c1cc2ccccc2[cH-]1.CCCCCCP(CCCCCC)c1cc2ccccc2[cH-]1.CCCP(CCC)c1cc2ccccc2[cH-]1.CCCP(CCC)c1cc2ccccc2[cH-]1.[Cl-].[Cl-].[Ti+2].[Ti+2]. The molecule has 0 atom stereocenters. The van der Waals surface area contributed by atoms with Gasteiger partial charge in [0.25, 0.3) is 0 Å². The summed E-state index contributed by atoms with van der Waals surface area (Å²) in [5.74, 6) is 0. The summed E-state index contributed by atoms with van der Waals surface area (Å²) in [7, 11) is 0.323. The van der Waals surface area contributed by atoms with Gasteiger partial charge < -0.3 is 24.8 Å². The van der Waals surface area contributed by atoms with Gasteiger partial charge in [0.05, 0.1) is 0 Å². The number of benzene rings is 4. The average molecular weight is 1260 g/mol. The van der Waals surface area contributed by atoms with Crippen molar-refractivity contribution < 1.29 is 68.2 Å². The molecule has 8 heteroatoms. The molecule has 0 fully saturated rings. The van der Waals surface area contributed by atoms with Crippen molar-refractivity contribution in [1.82, 2.24) is 0 Å². The van der Waals surface area contributed by atoms with Crippen LogP contribution >= 0.6 is 31.7 Å². The van der Waals surface area contributed by atoms with Gasteiger partial charge in [-0.15, -0.1) is 161 Å². The van der Waals surface area contributed by atoms with E-state index in [4.69, 9.17) is 0 Å². The van der Waals surface area contributed by atoms with Gasteiger partial charge in [-0.2, -0.15) is 24.3 Å². The molecule has 8 rings (SSSR count). The van der Waals surface area contributed by atoms with Crippen LogP contribution in [-0.4, -0.2) is 49.3 Å². The second kappa shape index (κ2) is 47.2. The fraction of sp³-hybridized carbons (Fsp3) is 0.500. The maximum absolute atomic E-state index is 2.47. The van der Waals surface area contributed by atoms with Crippen LogP contribution in [-0.2, 0) is 43.4 Å². The van der Waals surface area contributed by atoms with Gasteiger partial charge in [-0.1, -0.05) is 214 Å². The van der Waals surface area contributed by atoms with Crippen LogP contribution in [0.15, 0.2) is 146 Å². The summed E-state index contributed by atoms with van der Waals surface area (Å²) < 4.78 is 0. The summed E-state index contributed by atoms with van der Waals surface area (Å²) in [6, 6.07) is 54.7. The first-order valence-corrected chi connectivity index (χ1v) is 37.9. The van der Waals surface area contributed by atoms with E-state index in [2.05, 4.69) is 201 Å². The minimum atomic E-state index is 0. The first-order valence-electron chi connectivity index (χ1n) is 31.0. The quantitative estimate of drug-likeness (QED) is 0.0171. The van der Waals surface area contributed by atoms with Crippen molar-refractivity contribution in [1.29, 1.82) is 0 Å². The molecule has 0 saturated carbocycles. The predicted octanol–water partition coefficient (Wildman–Crippen LogP) is 16.6. The Hall–Kier alpha value is -0.951. The third kappa shape index (κ3) is 27.6. The Balaban J connectivity index is 0.000000530. The summed E-state index contributed by atoms with van der Waals surface area (Å²) in [4.78, 5) is 0. The Morgan fingerprint density at radius 2 is 0.450 bits per heavy atom. The van der Waals surface area contributed by atoms with E-state index >= 15 is 0 Å². The summed E-state index contributed by atoms with van der Waals surface area (Å²) >= 11 is 0. The maximum Gasteiger partial charge on any atom is 2.00 e. The fourth-order valence-electron chi connectivity index (χ4n) is 10.7. The van der Waals surface area contributed by atoms with Gasteiger partial charge in [-0.25, -0.2) is 0 Å². The normalized spacial score (nSPS) is 10.9. The molecule has 0 radical (unpaired) electrons. The van der Waals surface area contributed by atoms with E-state index in [1.807, 2.05) is 0 Å². The van der Waals surface area contributed by atoms with Gasteiger partial charge in [0, 0.05) is 0 Å². The van der Waals surface area contributed by atoms with Gasteiger partial charge in [0.2, 0.25) is 0 Å². The van der Waals surface area contributed by atoms with E-state index in [-0.39, 0.29) is 99.9 Å². The second-order valence-corrected chi connectivity index (χ2v) is 31.5. The van der Waals surface area contributed by atoms with Crippen LogP contribution in [0.1, 0.15) is 184 Å². The van der Waals surface area contributed by atoms with Gasteiger partial charge in [0.15, 0.2) is 0 Å². The molecule has 0 saturated heterocycles. The molecule has 80 heavy (non-hydrogen) atoms. The zero-order valence-electron chi connectivity index (χ0n) is 51.2. The molecule has 0 aliphatic heterocycles. The average Bonchev–Trinajstić information content (AvgIpc) is 4.28. The molecule has 0 aromatic heterocycles. The first-order chi connectivity index (χ1) is 37.4. The van der Waals surface area contributed by atoms with Crippen LogP contribution in [0.25, 0.3) is 43.1 Å². The molecule has 436 valence electrons. The summed E-state index contributed by atoms with van der Waals surface area (Å²) in [5, 5.41) is 17.9. The van der Waals surface area contributed by atoms with Crippen molar-refractivity contribution in [3.8, 4) is 0 Å². The molecule has 0 unspecified atom stereocenters. The Bertz CT molecular complexity index is 2340. The van der Waals surface area contributed by atoms with E-state index in [1.54, 1.807) is 21.2 Å². The number of rotatable bonds is 32. The largest absolute Gasteiger partial charge is 2.00 e. The smallest absolute Gasteiger partial charge is 1.00 e. The van der Waals surface area contributed by atoms with Crippen LogP contribution in [0.2, 0.25) is 0 Å². The Morgan fingerprint density at radius 3 is 0.637 bits per heavy atom. The zero-order valence-corrected chi connectivity index (χ0v) is 59.4. The summed E-state index contributed by atoms with van der Waals surface area (Å²) in [6.07, 6.45) is 38.9. The molecule has 0 aliphatic carbocycles. The molecular weight excluding hydrogens is 1160 g/mol. The minimum Gasteiger partial charge on any atom is -1.00 e. The van der Waals surface area contributed by atoms with Crippen molar-refractivity contribution in [3.63, 3.8) is 0 Å². The molecular formula is C72H104Cl2P4Ti2-2. The number of unbranched alkanes of at least 4 members (excludes halogenated alkanes) is 12. The van der Waals surface area contributed by atoms with Crippen molar-refractivity contribution in [2.45, 2.75) is 184 Å². The van der Waals surface area contributed by atoms with Crippen LogP contribution in [0.4, 0.5) is 0 Å². The van der Waals surface area contributed by atoms with Gasteiger partial charge in [-0.05, 0) is 75.0 Å². The Labute approximate surface area is 538 Å². The minimum absolute atomic E-state index is 0. The molecule has 0 amide bonds. The van der Waals surface area contributed by atoms with Crippen LogP contribution in [0.3, 0.4) is 0 Å². The van der Waals surface area contributed by atoms with Crippen molar-refractivity contribution >= 4 is 96.0 Å². The standard InChI is InChI=1S/2C21H32P.2C15H20P.2ClH.2Ti/c2*1-3-5-7-11-15-22(16-12-8-6-4-2)21-17-19-13-9-10-14-20(19)18-21;2*1-3-9-16(10-4-2)15-11-13-7-5-6-8-14(13)12-15;;;;/h2*9-10,13-14,17-18H,3-8,11-12,15-16H2,1-2H3;2*5-8,11-12H,3-4,9-10H2,1-2H3;2*1H;;/q4*-1;;;2*+2/p-2. The van der Waals surface area contributed by atoms with E-state index in [9.17, 15) is 0 Å². The van der Waals surface area contributed by atoms with E-state index in [0.717, 1.165) is 0 Å². The maximum atomic E-state index is 2.47. The Kier molecular flexibility index (Phi) is 45.5. The molecule has 0 aliphatic rings. The van der Waals surface area contributed by atoms with Crippen molar-refractivity contribution in [3.05, 3.63) is 146 Å². The van der Waals surface area contributed by atoms with E-state index in [1.165, 1.54) is 221 Å². The van der Waals surface area contributed by atoms with Crippen molar-refractivity contribution in [2.75, 3.05) is 49.3 Å². The third-order valence-corrected chi connectivity index (χ3v) is 26.3. The molecule has 0 spiro atoms. The monoisotopic (exact) mass is 1260 g/mol. The zero-order chi connectivity index (χ0) is 54.0. The number of hydrogen-bond donors (Lipinski definition) is 0. The topological polar surface area (TPSA) is 0 Å². The molecule has 8 aromatic rings. The molecule has 0 bridgehead atoms. The third-order valence-electron chi connectivity index (χ3n) is 15.0. The number of fused-ring (bicyclic) bond motifs is 4.